The Balaban J connectivity index is 0.000000274. The quantitative estimate of drug-likeness (QED) is 0.200. The summed E-state index contributed by atoms with van der Waals surface area (Å²) >= 11 is 3.87. The zero-order chi connectivity index (χ0) is 32.9. The minimum Gasteiger partial charge on any atom is -0.497 e. The van der Waals surface area contributed by atoms with Crippen molar-refractivity contribution < 1.29 is 28.5 Å². The fourth-order valence-corrected chi connectivity index (χ4v) is 8.26. The van der Waals surface area contributed by atoms with E-state index in [1.54, 1.807) is 21.3 Å². The molecule has 258 valence electrons. The molecule has 2 aliphatic rings. The number of benzene rings is 3. The molecule has 2 aliphatic heterocycles. The molecule has 2 fully saturated rings. The Morgan fingerprint density at radius 3 is 1.94 bits per heavy atom. The zero-order valence-electron chi connectivity index (χ0n) is 28.4. The number of methoxy groups -OCH3 is 3. The summed E-state index contributed by atoms with van der Waals surface area (Å²) in [6.45, 7) is 7.40. The highest BCUT2D eigenvalue weighted by Crippen LogP contribution is 2.38. The van der Waals surface area contributed by atoms with Gasteiger partial charge in [-0.2, -0.15) is 23.5 Å². The summed E-state index contributed by atoms with van der Waals surface area (Å²) in [5.41, 5.74) is 3.63. The molecule has 0 radical (unpaired) electrons. The largest absolute Gasteiger partial charge is 0.497 e. The second kappa shape index (κ2) is 19.9. The van der Waals surface area contributed by atoms with Gasteiger partial charge in [0.25, 0.3) is 0 Å². The average Bonchev–Trinajstić information content (AvgIpc) is 3.09. The van der Waals surface area contributed by atoms with E-state index in [4.69, 9.17) is 23.7 Å². The standard InChI is InChI=1S/C23H31NO3S.C14H18O3S.ClH/c1-5-27-23-14-18(8-11-22(23)26-4)20-15-28-13-12-21(20)24-16(2)17-6-9-19(25-3)10-7-17;1-3-17-14-8-10(4-5-13(14)16-2)11-9-18-7-6-12(11)15;/h6-11,14,16,20-21,24H,5,12-13,15H2,1-4H3;4-5,8,11H,3,6-7,9H2,1-2H3;1H/t16-,20-,21-;;/m1../s1. The van der Waals surface area contributed by atoms with Crippen molar-refractivity contribution in [2.45, 2.75) is 57.5 Å². The molecular weight excluding hydrogens is 654 g/mol. The Morgan fingerprint density at radius 1 is 0.766 bits per heavy atom. The molecule has 10 heteroatoms. The predicted molar refractivity (Wildman–Crippen MR) is 198 cm³/mol. The number of rotatable bonds is 12. The van der Waals surface area contributed by atoms with Crippen molar-refractivity contribution in [1.29, 1.82) is 0 Å². The SMILES string of the molecule is CCOc1cc(C2CSCCC2=O)ccc1OC.CCOc1cc([C@H]2CSCC[C@H]2N[C@H](C)c2ccc(OC)cc2)ccc1OC.Cl. The highest BCUT2D eigenvalue weighted by atomic mass is 35.5. The third-order valence-electron chi connectivity index (χ3n) is 8.41. The Kier molecular flexibility index (Phi) is 16.4. The van der Waals surface area contributed by atoms with Gasteiger partial charge < -0.3 is 29.0 Å². The molecule has 0 amide bonds. The van der Waals surface area contributed by atoms with Gasteiger partial charge in [0.15, 0.2) is 23.0 Å². The van der Waals surface area contributed by atoms with Crippen LogP contribution in [0.3, 0.4) is 0 Å². The number of carbonyl (C=O) groups is 1. The summed E-state index contributed by atoms with van der Waals surface area (Å²) < 4.78 is 27.3. The lowest BCUT2D eigenvalue weighted by Crippen LogP contribution is -2.40. The van der Waals surface area contributed by atoms with E-state index in [9.17, 15) is 4.79 Å². The Labute approximate surface area is 295 Å². The van der Waals surface area contributed by atoms with Gasteiger partial charge in [0.1, 0.15) is 11.5 Å². The second-order valence-corrected chi connectivity index (χ2v) is 13.6. The average molecular weight is 704 g/mol. The van der Waals surface area contributed by atoms with Crippen molar-refractivity contribution in [3.8, 4) is 28.7 Å². The smallest absolute Gasteiger partial charge is 0.161 e. The zero-order valence-corrected chi connectivity index (χ0v) is 30.9. The van der Waals surface area contributed by atoms with Crippen LogP contribution in [0.5, 0.6) is 28.7 Å². The molecule has 47 heavy (non-hydrogen) atoms. The van der Waals surface area contributed by atoms with Crippen molar-refractivity contribution in [2.24, 2.45) is 0 Å². The van der Waals surface area contributed by atoms with E-state index in [1.807, 2.05) is 73.8 Å². The first-order valence-corrected chi connectivity index (χ1v) is 18.4. The van der Waals surface area contributed by atoms with Gasteiger partial charge >= 0.3 is 0 Å². The van der Waals surface area contributed by atoms with E-state index >= 15 is 0 Å². The molecule has 0 aliphatic carbocycles. The molecule has 3 aromatic carbocycles. The summed E-state index contributed by atoms with van der Waals surface area (Å²) in [4.78, 5) is 11.9. The summed E-state index contributed by atoms with van der Waals surface area (Å²) in [6, 6.07) is 21.2. The van der Waals surface area contributed by atoms with Crippen LogP contribution in [0.2, 0.25) is 0 Å². The number of ketones is 1. The molecule has 1 unspecified atom stereocenters. The molecule has 0 spiro atoms. The number of hydrogen-bond acceptors (Lipinski definition) is 9. The van der Waals surface area contributed by atoms with Crippen LogP contribution < -0.4 is 29.0 Å². The molecule has 3 aromatic rings. The van der Waals surface area contributed by atoms with Crippen LogP contribution in [0.25, 0.3) is 0 Å². The monoisotopic (exact) mass is 703 g/mol. The number of carbonyl (C=O) groups excluding carboxylic acids is 1. The lowest BCUT2D eigenvalue weighted by Gasteiger charge is -2.35. The molecule has 2 heterocycles. The summed E-state index contributed by atoms with van der Waals surface area (Å²) in [5, 5.41) is 3.88. The molecule has 5 rings (SSSR count). The van der Waals surface area contributed by atoms with Crippen LogP contribution in [0.15, 0.2) is 60.7 Å². The fourth-order valence-electron chi connectivity index (χ4n) is 5.87. The predicted octanol–water partition coefficient (Wildman–Crippen LogP) is 8.35. The van der Waals surface area contributed by atoms with Crippen LogP contribution >= 0.6 is 35.9 Å². The van der Waals surface area contributed by atoms with Gasteiger partial charge in [0, 0.05) is 41.7 Å². The first kappa shape index (κ1) is 38.7. The minimum atomic E-state index is 0. The van der Waals surface area contributed by atoms with Crippen LogP contribution in [0.1, 0.15) is 68.2 Å². The van der Waals surface area contributed by atoms with E-state index < -0.39 is 0 Å². The van der Waals surface area contributed by atoms with Gasteiger partial charge in [0.2, 0.25) is 0 Å². The number of Topliss-reactive ketones (excluding diaryl/α,β-unsaturated/α-hetero) is 1. The van der Waals surface area contributed by atoms with E-state index in [1.165, 1.54) is 16.9 Å². The number of hydrogen-bond donors (Lipinski definition) is 1. The van der Waals surface area contributed by atoms with Gasteiger partial charge in [-0.1, -0.05) is 24.3 Å². The Bertz CT molecular complexity index is 1390. The van der Waals surface area contributed by atoms with Crippen molar-refractivity contribution in [3.05, 3.63) is 77.4 Å². The molecule has 7 nitrogen and oxygen atoms in total. The highest BCUT2D eigenvalue weighted by molar-refractivity contribution is 7.99. The molecule has 0 bridgehead atoms. The van der Waals surface area contributed by atoms with E-state index in [0.29, 0.717) is 37.4 Å². The van der Waals surface area contributed by atoms with Gasteiger partial charge in [-0.05, 0) is 86.0 Å². The number of nitrogens with one attached hydrogen (secondary N) is 1. The normalized spacial score (nSPS) is 19.7. The van der Waals surface area contributed by atoms with E-state index in [-0.39, 0.29) is 24.4 Å². The van der Waals surface area contributed by atoms with Gasteiger partial charge in [-0.25, -0.2) is 0 Å². The van der Waals surface area contributed by atoms with Crippen LogP contribution in [0, 0.1) is 0 Å². The maximum atomic E-state index is 11.9. The van der Waals surface area contributed by atoms with Crippen molar-refractivity contribution in [3.63, 3.8) is 0 Å². The summed E-state index contributed by atoms with van der Waals surface area (Å²) in [5.74, 6) is 8.88. The van der Waals surface area contributed by atoms with E-state index in [2.05, 4.69) is 36.5 Å². The first-order chi connectivity index (χ1) is 22.4. The minimum absolute atomic E-state index is 0. The van der Waals surface area contributed by atoms with E-state index in [0.717, 1.165) is 58.0 Å². The lowest BCUT2D eigenvalue weighted by molar-refractivity contribution is -0.119. The molecular formula is C37H50ClNO6S2. The van der Waals surface area contributed by atoms with Gasteiger partial charge in [-0.3, -0.25) is 4.79 Å². The van der Waals surface area contributed by atoms with Crippen LogP contribution in [-0.4, -0.2) is 69.4 Å². The Morgan fingerprint density at radius 2 is 1.36 bits per heavy atom. The third-order valence-corrected chi connectivity index (χ3v) is 10.6. The summed E-state index contributed by atoms with van der Waals surface area (Å²) in [6.07, 6.45) is 1.83. The molecule has 2 saturated heterocycles. The number of thioether (sulfide) groups is 2. The maximum absolute atomic E-state index is 11.9. The van der Waals surface area contributed by atoms with Gasteiger partial charge in [-0.15, -0.1) is 12.4 Å². The lowest BCUT2D eigenvalue weighted by atomic mass is 9.89. The molecule has 0 aromatic heterocycles. The van der Waals surface area contributed by atoms with Crippen molar-refractivity contribution >= 4 is 41.7 Å². The maximum Gasteiger partial charge on any atom is 0.161 e. The first-order valence-electron chi connectivity index (χ1n) is 16.1. The number of ether oxygens (including phenoxy) is 5. The van der Waals surface area contributed by atoms with Crippen molar-refractivity contribution in [2.75, 3.05) is 57.6 Å². The molecule has 1 N–H and O–H groups in total. The van der Waals surface area contributed by atoms with Crippen LogP contribution in [0.4, 0.5) is 0 Å². The van der Waals surface area contributed by atoms with Crippen molar-refractivity contribution in [1.82, 2.24) is 5.32 Å². The Hall–Kier alpha value is -2.72. The molecule has 0 saturated carbocycles. The van der Waals surface area contributed by atoms with Gasteiger partial charge in [0.05, 0.1) is 40.5 Å². The highest BCUT2D eigenvalue weighted by Gasteiger charge is 2.29. The summed E-state index contributed by atoms with van der Waals surface area (Å²) in [7, 11) is 5.01. The topological polar surface area (TPSA) is 75.3 Å². The second-order valence-electron chi connectivity index (χ2n) is 11.3. The fraction of sp³-hybridized carbons (Fsp3) is 0.486. The number of halogens is 1. The molecule has 4 atom stereocenters. The third kappa shape index (κ3) is 10.6. The van der Waals surface area contributed by atoms with Crippen LogP contribution in [-0.2, 0) is 4.79 Å².